The van der Waals surface area contributed by atoms with Crippen LogP contribution in [0.2, 0.25) is 0 Å². The first-order valence-corrected chi connectivity index (χ1v) is 11.1. The largest absolute Gasteiger partial charge is 0.245 e. The van der Waals surface area contributed by atoms with E-state index >= 15 is 0 Å². The topological polar surface area (TPSA) is 59.9 Å². The second-order valence-corrected chi connectivity index (χ2v) is 9.39. The first-order chi connectivity index (χ1) is 9.46. The maximum atomic E-state index is 11.2. The van der Waals surface area contributed by atoms with Gasteiger partial charge in [-0.3, -0.25) is 0 Å². The van der Waals surface area contributed by atoms with Gasteiger partial charge in [0, 0.05) is 28.5 Å². The Hall–Kier alpha value is -0.440. The van der Waals surface area contributed by atoms with Gasteiger partial charge in [0.05, 0.1) is 16.4 Å². The Morgan fingerprint density at radius 1 is 1.10 bits per heavy atom. The molecule has 0 aliphatic heterocycles. The first-order valence-electron chi connectivity index (χ1n) is 6.08. The minimum atomic E-state index is -3.00. The van der Waals surface area contributed by atoms with E-state index in [4.69, 9.17) is 0 Å². The number of aryl methyl sites for hydroxylation is 1. The van der Waals surface area contributed by atoms with Crippen LogP contribution in [-0.4, -0.2) is 24.6 Å². The zero-order valence-corrected chi connectivity index (χ0v) is 14.6. The monoisotopic (exact) mass is 348 g/mol. The first kappa shape index (κ1) is 15.9. The fourth-order valence-electron chi connectivity index (χ4n) is 1.54. The summed E-state index contributed by atoms with van der Waals surface area (Å²) in [5, 5.41) is 5.88. The Labute approximate surface area is 131 Å². The number of aromatic nitrogens is 2. The van der Waals surface area contributed by atoms with Gasteiger partial charge in [-0.25, -0.2) is 18.4 Å². The minimum Gasteiger partial charge on any atom is -0.245 e. The van der Waals surface area contributed by atoms with Crippen LogP contribution in [0.15, 0.2) is 10.8 Å². The van der Waals surface area contributed by atoms with Gasteiger partial charge in [0.1, 0.15) is 10.8 Å². The van der Waals surface area contributed by atoms with E-state index in [1.54, 1.807) is 23.1 Å². The van der Waals surface area contributed by atoms with E-state index in [-0.39, 0.29) is 5.75 Å². The van der Waals surface area contributed by atoms with E-state index in [1.807, 2.05) is 5.38 Å². The van der Waals surface area contributed by atoms with Gasteiger partial charge in [0.15, 0.2) is 9.84 Å². The summed E-state index contributed by atoms with van der Waals surface area (Å²) in [5.74, 6) is 1.70. The number of thioether (sulfide) groups is 1. The molecule has 2 aromatic heterocycles. The van der Waals surface area contributed by atoms with Crippen molar-refractivity contribution in [3.8, 4) is 0 Å². The molecule has 0 amide bonds. The van der Waals surface area contributed by atoms with Gasteiger partial charge in [0.2, 0.25) is 0 Å². The van der Waals surface area contributed by atoms with Gasteiger partial charge < -0.3 is 0 Å². The lowest BCUT2D eigenvalue weighted by molar-refractivity contribution is 0.601. The van der Waals surface area contributed by atoms with E-state index in [1.165, 1.54) is 22.6 Å². The Balaban J connectivity index is 1.82. The van der Waals surface area contributed by atoms with Crippen molar-refractivity contribution in [2.45, 2.75) is 30.6 Å². The zero-order chi connectivity index (χ0) is 14.6. The summed E-state index contributed by atoms with van der Waals surface area (Å²) in [6.07, 6.45) is 2.21. The maximum absolute atomic E-state index is 11.2. The third-order valence-corrected chi connectivity index (χ3v) is 6.31. The molecule has 110 valence electrons. The zero-order valence-electron chi connectivity index (χ0n) is 11.3. The molecule has 20 heavy (non-hydrogen) atoms. The van der Waals surface area contributed by atoms with Crippen LogP contribution >= 0.6 is 34.4 Å². The molecule has 0 bridgehead atoms. The molecule has 2 aromatic rings. The second-order valence-electron chi connectivity index (χ2n) is 4.38. The van der Waals surface area contributed by atoms with E-state index in [2.05, 4.69) is 22.3 Å². The average Bonchev–Trinajstić information content (AvgIpc) is 2.97. The Morgan fingerprint density at radius 3 is 2.15 bits per heavy atom. The fraction of sp³-hybridized carbons (Fsp3) is 0.500. The number of rotatable bonds is 7. The predicted molar refractivity (Wildman–Crippen MR) is 87.2 cm³/mol. The lowest BCUT2D eigenvalue weighted by Crippen LogP contribution is -2.00. The predicted octanol–water partition coefficient (Wildman–Crippen LogP) is 3.14. The van der Waals surface area contributed by atoms with Crippen LogP contribution < -0.4 is 0 Å². The molecule has 0 aliphatic carbocycles. The number of hydrogen-bond acceptors (Lipinski definition) is 7. The van der Waals surface area contributed by atoms with Gasteiger partial charge in [-0.15, -0.1) is 34.4 Å². The molecule has 0 saturated carbocycles. The summed E-state index contributed by atoms with van der Waals surface area (Å²) in [7, 11) is -3.00. The van der Waals surface area contributed by atoms with Crippen molar-refractivity contribution in [2.75, 3.05) is 6.26 Å². The Morgan fingerprint density at radius 2 is 1.65 bits per heavy atom. The molecule has 0 fully saturated rings. The quantitative estimate of drug-likeness (QED) is 0.769. The third-order valence-electron chi connectivity index (χ3n) is 2.39. The van der Waals surface area contributed by atoms with Crippen LogP contribution in [0, 0.1) is 0 Å². The molecular formula is C12H16N2O2S4. The molecule has 0 saturated heterocycles. The van der Waals surface area contributed by atoms with Crippen molar-refractivity contribution in [1.82, 2.24) is 9.97 Å². The van der Waals surface area contributed by atoms with Crippen LogP contribution in [0.3, 0.4) is 0 Å². The standard InChI is InChI=1S/C12H16N2O2S4/c1-3-11-13-9(6-18-11)4-17-5-10-7-19-12(14-10)8-20(2,15)16/h6-7H,3-5,8H2,1-2H3. The van der Waals surface area contributed by atoms with Crippen molar-refractivity contribution in [3.05, 3.63) is 32.2 Å². The fourth-order valence-corrected chi connectivity index (χ4v) is 5.32. The highest BCUT2D eigenvalue weighted by atomic mass is 32.2. The van der Waals surface area contributed by atoms with E-state index < -0.39 is 9.84 Å². The van der Waals surface area contributed by atoms with Crippen molar-refractivity contribution >= 4 is 44.3 Å². The number of thiazole rings is 2. The lowest BCUT2D eigenvalue weighted by atomic mass is 10.5. The number of sulfone groups is 1. The molecular weight excluding hydrogens is 332 g/mol. The number of nitrogens with zero attached hydrogens (tertiary/aromatic N) is 2. The highest BCUT2D eigenvalue weighted by Crippen LogP contribution is 2.21. The summed E-state index contributed by atoms with van der Waals surface area (Å²) < 4.78 is 22.4. The van der Waals surface area contributed by atoms with Gasteiger partial charge in [-0.1, -0.05) is 6.92 Å². The van der Waals surface area contributed by atoms with Crippen molar-refractivity contribution in [3.63, 3.8) is 0 Å². The van der Waals surface area contributed by atoms with Crippen LogP contribution in [0.5, 0.6) is 0 Å². The molecule has 0 spiro atoms. The molecule has 2 rings (SSSR count). The molecule has 0 N–H and O–H groups in total. The molecule has 0 unspecified atom stereocenters. The van der Waals surface area contributed by atoms with Crippen LogP contribution in [0.1, 0.15) is 28.3 Å². The molecule has 2 heterocycles. The normalized spacial score (nSPS) is 11.9. The molecule has 0 radical (unpaired) electrons. The third kappa shape index (κ3) is 5.16. The summed E-state index contributed by atoms with van der Waals surface area (Å²) in [6, 6.07) is 0. The van der Waals surface area contributed by atoms with Crippen LogP contribution in [0.25, 0.3) is 0 Å². The van der Waals surface area contributed by atoms with Gasteiger partial charge in [-0.05, 0) is 6.42 Å². The molecule has 0 aliphatic rings. The van der Waals surface area contributed by atoms with Crippen molar-refractivity contribution < 1.29 is 8.42 Å². The van der Waals surface area contributed by atoms with E-state index in [0.29, 0.717) is 5.01 Å². The SMILES string of the molecule is CCc1nc(CSCc2csc(CS(C)(=O)=O)n2)cs1. The Bertz CT molecular complexity index is 661. The second kappa shape index (κ2) is 7.02. The van der Waals surface area contributed by atoms with Gasteiger partial charge in [-0.2, -0.15) is 0 Å². The van der Waals surface area contributed by atoms with E-state index in [0.717, 1.165) is 29.3 Å². The van der Waals surface area contributed by atoms with Crippen molar-refractivity contribution in [2.24, 2.45) is 0 Å². The molecule has 8 heteroatoms. The maximum Gasteiger partial charge on any atom is 0.153 e. The minimum absolute atomic E-state index is 0.0360. The van der Waals surface area contributed by atoms with E-state index in [9.17, 15) is 8.42 Å². The summed E-state index contributed by atoms with van der Waals surface area (Å²) in [6.45, 7) is 2.11. The number of hydrogen-bond donors (Lipinski definition) is 0. The van der Waals surface area contributed by atoms with Gasteiger partial charge >= 0.3 is 0 Å². The van der Waals surface area contributed by atoms with Crippen molar-refractivity contribution in [1.29, 1.82) is 0 Å². The highest BCUT2D eigenvalue weighted by molar-refractivity contribution is 7.97. The molecule has 0 atom stereocenters. The van der Waals surface area contributed by atoms with Crippen LogP contribution in [-0.2, 0) is 33.5 Å². The average molecular weight is 349 g/mol. The molecule has 4 nitrogen and oxygen atoms in total. The summed E-state index contributed by atoms with van der Waals surface area (Å²) in [4.78, 5) is 8.86. The summed E-state index contributed by atoms with van der Waals surface area (Å²) in [5.41, 5.74) is 2.06. The van der Waals surface area contributed by atoms with Crippen LogP contribution in [0.4, 0.5) is 0 Å². The van der Waals surface area contributed by atoms with Gasteiger partial charge in [0.25, 0.3) is 0 Å². The lowest BCUT2D eigenvalue weighted by Gasteiger charge is -1.96. The summed E-state index contributed by atoms with van der Waals surface area (Å²) >= 11 is 4.87. The Kier molecular flexibility index (Phi) is 5.59. The smallest absolute Gasteiger partial charge is 0.153 e. The molecule has 0 aromatic carbocycles. The highest BCUT2D eigenvalue weighted by Gasteiger charge is 2.09.